The second-order valence-electron chi connectivity index (χ2n) is 5.72. The van der Waals surface area contributed by atoms with Crippen LogP contribution in [0.4, 0.5) is 5.95 Å². The van der Waals surface area contributed by atoms with Crippen LogP contribution >= 0.6 is 0 Å². The number of hydrogen-bond donors (Lipinski definition) is 1. The van der Waals surface area contributed by atoms with Gasteiger partial charge in [0.1, 0.15) is 11.5 Å². The maximum Gasteiger partial charge on any atom is 0.271 e. The highest BCUT2D eigenvalue weighted by Crippen LogP contribution is 2.27. The number of fused-ring (bicyclic) bond motifs is 1. The Morgan fingerprint density at radius 3 is 2.73 bits per heavy atom. The van der Waals surface area contributed by atoms with Crippen LogP contribution in [0.2, 0.25) is 0 Å². The fourth-order valence-electron chi connectivity index (χ4n) is 2.65. The number of nitrogens with one attached hydrogen (secondary N) is 1. The number of hydrogen-bond acceptors (Lipinski definition) is 5. The zero-order valence-corrected chi connectivity index (χ0v) is 13.0. The van der Waals surface area contributed by atoms with E-state index in [1.165, 1.54) is 0 Å². The summed E-state index contributed by atoms with van der Waals surface area (Å²) in [6.45, 7) is 7.48. The van der Waals surface area contributed by atoms with Crippen LogP contribution in [-0.2, 0) is 6.54 Å². The van der Waals surface area contributed by atoms with Crippen molar-refractivity contribution in [3.63, 3.8) is 0 Å². The SMILES string of the molecule is CC(C)NC(=O)c1cn2c(n1)C(C)N(c1ncccn1)CC2. The molecule has 2 aromatic rings. The molecular formula is C15H20N6O. The zero-order chi connectivity index (χ0) is 15.7. The van der Waals surface area contributed by atoms with Crippen LogP contribution in [0.3, 0.4) is 0 Å². The van der Waals surface area contributed by atoms with Gasteiger partial charge in [0, 0.05) is 37.7 Å². The lowest BCUT2D eigenvalue weighted by Gasteiger charge is -2.33. The third-order valence-corrected chi connectivity index (χ3v) is 3.69. The number of amides is 1. The molecule has 3 rings (SSSR count). The van der Waals surface area contributed by atoms with Crippen LogP contribution < -0.4 is 10.2 Å². The molecule has 2 aromatic heterocycles. The molecule has 1 amide bonds. The van der Waals surface area contributed by atoms with E-state index in [0.717, 1.165) is 18.9 Å². The van der Waals surface area contributed by atoms with Crippen LogP contribution in [0.5, 0.6) is 0 Å². The lowest BCUT2D eigenvalue weighted by molar-refractivity contribution is 0.0938. The molecule has 0 saturated heterocycles. The quantitative estimate of drug-likeness (QED) is 0.927. The molecule has 0 radical (unpaired) electrons. The first-order valence-corrected chi connectivity index (χ1v) is 7.48. The van der Waals surface area contributed by atoms with E-state index in [4.69, 9.17) is 0 Å². The number of rotatable bonds is 3. The van der Waals surface area contributed by atoms with Crippen molar-refractivity contribution in [3.8, 4) is 0 Å². The molecule has 0 aliphatic carbocycles. The highest BCUT2D eigenvalue weighted by Gasteiger charge is 2.29. The van der Waals surface area contributed by atoms with E-state index in [-0.39, 0.29) is 18.0 Å². The second-order valence-corrected chi connectivity index (χ2v) is 5.72. The van der Waals surface area contributed by atoms with Gasteiger partial charge < -0.3 is 14.8 Å². The van der Waals surface area contributed by atoms with Crippen LogP contribution in [0.1, 0.15) is 43.1 Å². The minimum atomic E-state index is -0.133. The van der Waals surface area contributed by atoms with Crippen LogP contribution in [0.15, 0.2) is 24.7 Å². The van der Waals surface area contributed by atoms with Gasteiger partial charge in [-0.15, -0.1) is 0 Å². The molecule has 0 fully saturated rings. The highest BCUT2D eigenvalue weighted by molar-refractivity contribution is 5.92. The third-order valence-electron chi connectivity index (χ3n) is 3.69. The van der Waals surface area contributed by atoms with Crippen molar-refractivity contribution in [3.05, 3.63) is 36.2 Å². The predicted molar refractivity (Wildman–Crippen MR) is 82.6 cm³/mol. The van der Waals surface area contributed by atoms with Gasteiger partial charge in [-0.1, -0.05) is 0 Å². The number of carbonyl (C=O) groups excluding carboxylic acids is 1. The predicted octanol–water partition coefficient (Wildman–Crippen LogP) is 1.39. The van der Waals surface area contributed by atoms with Crippen LogP contribution in [0, 0.1) is 0 Å². The minimum Gasteiger partial charge on any atom is -0.348 e. The number of nitrogens with zero attached hydrogens (tertiary/aromatic N) is 5. The molecule has 0 saturated carbocycles. The van der Waals surface area contributed by atoms with Crippen LogP contribution in [-0.4, -0.2) is 38.0 Å². The van der Waals surface area contributed by atoms with Gasteiger partial charge in [0.25, 0.3) is 5.91 Å². The van der Waals surface area contributed by atoms with Crippen molar-refractivity contribution in [1.29, 1.82) is 0 Å². The van der Waals surface area contributed by atoms with Gasteiger partial charge in [-0.05, 0) is 26.8 Å². The second kappa shape index (κ2) is 5.75. The summed E-state index contributed by atoms with van der Waals surface area (Å²) in [5, 5.41) is 2.87. The Balaban J connectivity index is 1.86. The molecule has 1 aliphatic heterocycles. The minimum absolute atomic E-state index is 0.0248. The average molecular weight is 300 g/mol. The van der Waals surface area contributed by atoms with E-state index in [1.807, 2.05) is 24.6 Å². The first kappa shape index (κ1) is 14.5. The van der Waals surface area contributed by atoms with Gasteiger partial charge in [0.15, 0.2) is 0 Å². The first-order valence-electron chi connectivity index (χ1n) is 7.48. The fourth-order valence-corrected chi connectivity index (χ4v) is 2.65. The van der Waals surface area contributed by atoms with Gasteiger partial charge in [0.05, 0.1) is 6.04 Å². The molecule has 1 aliphatic rings. The monoisotopic (exact) mass is 300 g/mol. The van der Waals surface area contributed by atoms with Gasteiger partial charge >= 0.3 is 0 Å². The van der Waals surface area contributed by atoms with Crippen molar-refractivity contribution in [2.75, 3.05) is 11.4 Å². The number of carbonyl (C=O) groups is 1. The number of aromatic nitrogens is 4. The van der Waals surface area contributed by atoms with Crippen molar-refractivity contribution >= 4 is 11.9 Å². The van der Waals surface area contributed by atoms with E-state index in [0.29, 0.717) is 11.6 Å². The van der Waals surface area contributed by atoms with E-state index in [2.05, 4.69) is 32.1 Å². The Hall–Kier alpha value is -2.44. The number of imidazole rings is 1. The first-order chi connectivity index (χ1) is 10.6. The summed E-state index contributed by atoms with van der Waals surface area (Å²) < 4.78 is 2.04. The Morgan fingerprint density at radius 2 is 2.05 bits per heavy atom. The number of anilines is 1. The Labute approximate surface area is 129 Å². The highest BCUT2D eigenvalue weighted by atomic mass is 16.2. The summed E-state index contributed by atoms with van der Waals surface area (Å²) in [6, 6.07) is 1.92. The molecule has 7 nitrogen and oxygen atoms in total. The lowest BCUT2D eigenvalue weighted by Crippen LogP contribution is -2.37. The lowest BCUT2D eigenvalue weighted by atomic mass is 10.2. The maximum atomic E-state index is 12.1. The fraction of sp³-hybridized carbons (Fsp3) is 0.467. The molecule has 0 spiro atoms. The molecule has 116 valence electrons. The molecular weight excluding hydrogens is 280 g/mol. The van der Waals surface area contributed by atoms with Gasteiger partial charge in [-0.2, -0.15) is 0 Å². The summed E-state index contributed by atoms with van der Waals surface area (Å²) in [5.41, 5.74) is 0.464. The summed E-state index contributed by atoms with van der Waals surface area (Å²) in [7, 11) is 0. The summed E-state index contributed by atoms with van der Waals surface area (Å²) in [4.78, 5) is 27.3. The Bertz CT molecular complexity index is 666. The molecule has 7 heteroatoms. The largest absolute Gasteiger partial charge is 0.348 e. The molecule has 0 bridgehead atoms. The van der Waals surface area contributed by atoms with Gasteiger partial charge in [0.2, 0.25) is 5.95 Å². The smallest absolute Gasteiger partial charge is 0.271 e. The third kappa shape index (κ3) is 2.66. The summed E-state index contributed by atoms with van der Waals surface area (Å²) in [5.74, 6) is 1.43. The zero-order valence-electron chi connectivity index (χ0n) is 13.0. The van der Waals surface area contributed by atoms with E-state index in [1.54, 1.807) is 18.5 Å². The molecule has 3 heterocycles. The topological polar surface area (TPSA) is 75.9 Å². The average Bonchev–Trinajstić information content (AvgIpc) is 2.93. The Kier molecular flexibility index (Phi) is 3.79. The summed E-state index contributed by atoms with van der Waals surface area (Å²) in [6.07, 6.45) is 5.29. The van der Waals surface area contributed by atoms with Gasteiger partial charge in [-0.25, -0.2) is 15.0 Å². The molecule has 1 unspecified atom stereocenters. The van der Waals surface area contributed by atoms with Crippen molar-refractivity contribution in [2.24, 2.45) is 0 Å². The molecule has 1 atom stereocenters. The van der Waals surface area contributed by atoms with Crippen LogP contribution in [0.25, 0.3) is 0 Å². The maximum absolute atomic E-state index is 12.1. The molecule has 0 aromatic carbocycles. The van der Waals surface area contributed by atoms with Crippen molar-refractivity contribution in [2.45, 2.75) is 39.4 Å². The van der Waals surface area contributed by atoms with Crippen molar-refractivity contribution in [1.82, 2.24) is 24.8 Å². The van der Waals surface area contributed by atoms with E-state index in [9.17, 15) is 4.79 Å². The van der Waals surface area contributed by atoms with E-state index < -0.39 is 0 Å². The normalized spacial score (nSPS) is 17.5. The Morgan fingerprint density at radius 1 is 1.32 bits per heavy atom. The summed E-state index contributed by atoms with van der Waals surface area (Å²) >= 11 is 0. The standard InChI is InChI=1S/C15H20N6O/c1-10(2)18-14(22)12-9-20-7-8-21(11(3)13(20)19-12)15-16-5-4-6-17-15/h4-6,9-11H,7-8H2,1-3H3,(H,18,22). The molecule has 1 N–H and O–H groups in total. The van der Waals surface area contributed by atoms with Gasteiger partial charge in [-0.3, -0.25) is 4.79 Å². The molecule has 22 heavy (non-hydrogen) atoms. The van der Waals surface area contributed by atoms with E-state index >= 15 is 0 Å². The van der Waals surface area contributed by atoms with Crippen molar-refractivity contribution < 1.29 is 4.79 Å².